The maximum absolute atomic E-state index is 13.9. The predicted octanol–water partition coefficient (Wildman–Crippen LogP) is 1.76. The molecule has 9 heteroatoms. The number of hydrogen-bond acceptors (Lipinski definition) is 8. The van der Waals surface area contributed by atoms with Crippen molar-refractivity contribution in [3.63, 3.8) is 0 Å². The first-order valence-electron chi connectivity index (χ1n) is 9.41. The molecule has 0 radical (unpaired) electrons. The highest BCUT2D eigenvalue weighted by atomic mass is 16.5. The van der Waals surface area contributed by atoms with Gasteiger partial charge in [-0.05, 0) is 26.3 Å². The number of allylic oxidation sites excluding steroid dienone is 1. The van der Waals surface area contributed by atoms with Crippen molar-refractivity contribution >= 4 is 23.9 Å². The highest BCUT2D eigenvalue weighted by Gasteiger charge is 2.63. The van der Waals surface area contributed by atoms with Crippen molar-refractivity contribution in [2.45, 2.75) is 32.3 Å². The van der Waals surface area contributed by atoms with Crippen LogP contribution in [-0.2, 0) is 29.3 Å². The summed E-state index contributed by atoms with van der Waals surface area (Å²) in [6, 6.07) is 6.92. The molecule has 0 saturated carbocycles. The first-order chi connectivity index (χ1) is 14.2. The zero-order chi connectivity index (χ0) is 21.8. The summed E-state index contributed by atoms with van der Waals surface area (Å²) in [7, 11) is 1.23. The lowest BCUT2D eigenvalue weighted by Gasteiger charge is -2.26. The SMILES string of the molecule is COC(=O)CN1C(=O)[C@]2(C(C(=O)OC(C)C)=C1C)c1ccccc1-c1oc(N)nc12. The molecule has 0 bridgehead atoms. The van der Waals surface area contributed by atoms with Crippen LogP contribution >= 0.6 is 0 Å². The third-order valence-electron chi connectivity index (χ3n) is 5.34. The number of fused-ring (bicyclic) bond motifs is 5. The second kappa shape index (κ2) is 6.72. The number of anilines is 1. The third-order valence-corrected chi connectivity index (χ3v) is 5.34. The minimum absolute atomic E-state index is 0.0876. The van der Waals surface area contributed by atoms with E-state index in [1.54, 1.807) is 45.0 Å². The largest absolute Gasteiger partial charge is 0.468 e. The van der Waals surface area contributed by atoms with Crippen LogP contribution in [0.25, 0.3) is 11.3 Å². The van der Waals surface area contributed by atoms with E-state index in [0.717, 1.165) is 0 Å². The van der Waals surface area contributed by atoms with Crippen LogP contribution in [0.15, 0.2) is 40.0 Å². The molecule has 2 N–H and O–H groups in total. The minimum Gasteiger partial charge on any atom is -0.468 e. The summed E-state index contributed by atoms with van der Waals surface area (Å²) in [6.07, 6.45) is -0.418. The van der Waals surface area contributed by atoms with E-state index in [4.69, 9.17) is 19.6 Å². The quantitative estimate of drug-likeness (QED) is 0.755. The predicted molar refractivity (Wildman–Crippen MR) is 105 cm³/mol. The monoisotopic (exact) mass is 411 g/mol. The molecule has 1 spiro atoms. The fourth-order valence-electron chi connectivity index (χ4n) is 4.20. The van der Waals surface area contributed by atoms with Crippen molar-refractivity contribution in [2.24, 2.45) is 0 Å². The Kier molecular flexibility index (Phi) is 4.41. The van der Waals surface area contributed by atoms with Crippen molar-refractivity contribution in [3.05, 3.63) is 46.8 Å². The number of rotatable bonds is 4. The lowest BCUT2D eigenvalue weighted by molar-refractivity contribution is -0.146. The number of esters is 2. The van der Waals surface area contributed by atoms with Crippen LogP contribution in [0.5, 0.6) is 0 Å². The van der Waals surface area contributed by atoms with Gasteiger partial charge >= 0.3 is 11.9 Å². The van der Waals surface area contributed by atoms with Gasteiger partial charge in [-0.2, -0.15) is 4.98 Å². The van der Waals surface area contributed by atoms with E-state index in [1.165, 1.54) is 12.0 Å². The van der Waals surface area contributed by atoms with Gasteiger partial charge in [-0.25, -0.2) is 4.79 Å². The number of methoxy groups -OCH3 is 1. The lowest BCUT2D eigenvalue weighted by atomic mass is 9.74. The summed E-state index contributed by atoms with van der Waals surface area (Å²) in [5.74, 6) is -1.49. The molecule has 30 heavy (non-hydrogen) atoms. The molecule has 156 valence electrons. The van der Waals surface area contributed by atoms with Gasteiger partial charge < -0.3 is 24.5 Å². The van der Waals surface area contributed by atoms with Crippen LogP contribution in [-0.4, -0.2) is 47.5 Å². The number of benzene rings is 1. The zero-order valence-electron chi connectivity index (χ0n) is 17.0. The fourth-order valence-corrected chi connectivity index (χ4v) is 4.20. The van der Waals surface area contributed by atoms with Crippen molar-refractivity contribution in [3.8, 4) is 11.3 Å². The Morgan fingerprint density at radius 1 is 1.30 bits per heavy atom. The molecule has 1 atom stereocenters. The van der Waals surface area contributed by atoms with E-state index in [9.17, 15) is 14.4 Å². The van der Waals surface area contributed by atoms with Gasteiger partial charge in [0.25, 0.3) is 6.01 Å². The van der Waals surface area contributed by atoms with Crippen LogP contribution in [0, 0.1) is 0 Å². The molecule has 2 aromatic rings. The molecule has 4 rings (SSSR count). The van der Waals surface area contributed by atoms with Crippen LogP contribution in [0.3, 0.4) is 0 Å². The summed E-state index contributed by atoms with van der Waals surface area (Å²) in [6.45, 7) is 4.67. The van der Waals surface area contributed by atoms with Gasteiger partial charge in [0.15, 0.2) is 11.2 Å². The van der Waals surface area contributed by atoms with Crippen molar-refractivity contribution < 1.29 is 28.3 Å². The van der Waals surface area contributed by atoms with Crippen LogP contribution < -0.4 is 5.73 Å². The van der Waals surface area contributed by atoms with Crippen molar-refractivity contribution in [1.82, 2.24) is 9.88 Å². The topological polar surface area (TPSA) is 125 Å². The first-order valence-corrected chi connectivity index (χ1v) is 9.41. The molecule has 0 saturated heterocycles. The molecule has 1 amide bonds. The van der Waals surface area contributed by atoms with E-state index in [1.807, 2.05) is 0 Å². The van der Waals surface area contributed by atoms with Gasteiger partial charge in [-0.1, -0.05) is 24.3 Å². The van der Waals surface area contributed by atoms with Gasteiger partial charge in [0.2, 0.25) is 5.91 Å². The Morgan fingerprint density at radius 2 is 2.00 bits per heavy atom. The number of ether oxygens (including phenoxy) is 2. The highest BCUT2D eigenvalue weighted by molar-refractivity contribution is 6.14. The van der Waals surface area contributed by atoms with E-state index in [0.29, 0.717) is 22.6 Å². The van der Waals surface area contributed by atoms with Gasteiger partial charge in [0, 0.05) is 11.3 Å². The van der Waals surface area contributed by atoms with Crippen LogP contribution in [0.2, 0.25) is 0 Å². The Bertz CT molecular complexity index is 1120. The number of hydrogen-bond donors (Lipinski definition) is 1. The Balaban J connectivity index is 2.02. The molecular weight excluding hydrogens is 390 g/mol. The number of aromatic nitrogens is 1. The number of oxazole rings is 1. The number of carbonyl (C=O) groups is 3. The number of carbonyl (C=O) groups excluding carboxylic acids is 3. The summed E-state index contributed by atoms with van der Waals surface area (Å²) in [4.78, 5) is 44.6. The molecule has 1 aromatic heterocycles. The number of nitrogen functional groups attached to an aromatic ring is 1. The second-order valence-corrected chi connectivity index (χ2v) is 7.41. The molecule has 0 fully saturated rings. The smallest absolute Gasteiger partial charge is 0.337 e. The van der Waals surface area contributed by atoms with E-state index in [-0.39, 0.29) is 23.8 Å². The molecule has 2 aliphatic rings. The Morgan fingerprint density at radius 3 is 2.67 bits per heavy atom. The van der Waals surface area contributed by atoms with Crippen LogP contribution in [0.4, 0.5) is 6.01 Å². The molecular formula is C21H21N3O6. The first kappa shape index (κ1) is 19.7. The van der Waals surface area contributed by atoms with E-state index >= 15 is 0 Å². The molecule has 2 heterocycles. The fraction of sp³-hybridized carbons (Fsp3) is 0.333. The average Bonchev–Trinajstić information content (AvgIpc) is 3.27. The molecule has 1 aromatic carbocycles. The van der Waals surface area contributed by atoms with Gasteiger partial charge in [0.1, 0.15) is 12.2 Å². The normalized spacial score (nSPS) is 19.5. The number of amides is 1. The average molecular weight is 411 g/mol. The Labute approximate surface area is 172 Å². The lowest BCUT2D eigenvalue weighted by Crippen LogP contribution is -2.44. The summed E-state index contributed by atoms with van der Waals surface area (Å²) < 4.78 is 15.8. The van der Waals surface area contributed by atoms with Gasteiger partial charge in [0.05, 0.1) is 18.8 Å². The Hall–Kier alpha value is -3.62. The van der Waals surface area contributed by atoms with E-state index in [2.05, 4.69) is 4.98 Å². The summed E-state index contributed by atoms with van der Waals surface area (Å²) in [5, 5.41) is 0. The van der Waals surface area contributed by atoms with Gasteiger partial charge in [-0.15, -0.1) is 0 Å². The zero-order valence-corrected chi connectivity index (χ0v) is 17.0. The minimum atomic E-state index is -1.61. The molecule has 9 nitrogen and oxygen atoms in total. The summed E-state index contributed by atoms with van der Waals surface area (Å²) >= 11 is 0. The van der Waals surface area contributed by atoms with Crippen molar-refractivity contribution in [2.75, 3.05) is 19.4 Å². The molecule has 1 aliphatic heterocycles. The maximum atomic E-state index is 13.9. The summed E-state index contributed by atoms with van der Waals surface area (Å²) in [5.41, 5.74) is 5.92. The van der Waals surface area contributed by atoms with Crippen LogP contribution in [0.1, 0.15) is 32.0 Å². The highest BCUT2D eigenvalue weighted by Crippen LogP contribution is 2.57. The molecule has 1 aliphatic carbocycles. The second-order valence-electron chi connectivity index (χ2n) is 7.41. The standard InChI is InChI=1S/C21H21N3O6/c1-10(2)29-18(26)15-11(3)24(9-14(25)28-4)19(27)21(15)13-8-6-5-7-12(13)16-17(21)23-20(22)30-16/h5-8,10H,9H2,1-4H3,(H2,22,23)/t21-/m0/s1. The number of nitrogens with two attached hydrogens (primary N) is 1. The molecule has 0 unspecified atom stereocenters. The van der Waals surface area contributed by atoms with E-state index < -0.39 is 29.4 Å². The number of nitrogens with zero attached hydrogens (tertiary/aromatic N) is 2. The van der Waals surface area contributed by atoms with Gasteiger partial charge in [-0.3, -0.25) is 9.59 Å². The third kappa shape index (κ3) is 2.47. The van der Waals surface area contributed by atoms with Crippen molar-refractivity contribution in [1.29, 1.82) is 0 Å². The maximum Gasteiger partial charge on any atom is 0.337 e.